The molecule has 2 aromatic heterocycles. The molecule has 2 saturated carbocycles. The molecule has 6 amide bonds. The van der Waals surface area contributed by atoms with Gasteiger partial charge in [0.15, 0.2) is 23.0 Å². The van der Waals surface area contributed by atoms with Crippen molar-refractivity contribution in [2.45, 2.75) is 74.7 Å². The first-order chi connectivity index (χ1) is 34.5. The first kappa shape index (κ1) is 51.8. The van der Waals surface area contributed by atoms with E-state index in [0.29, 0.717) is 78.6 Å². The Morgan fingerprint density at radius 3 is 1.44 bits per heavy atom. The highest BCUT2D eigenvalue weighted by Gasteiger charge is 2.20. The Kier molecular flexibility index (Phi) is 18.8. The molecule has 6 aromatic rings. The number of rotatable bonds is 16. The van der Waals surface area contributed by atoms with Gasteiger partial charge in [-0.05, 0) is 86.3 Å². The average Bonchev–Trinajstić information content (AvgIpc) is 3.39. The third-order valence-electron chi connectivity index (χ3n) is 11.7. The van der Waals surface area contributed by atoms with Gasteiger partial charge in [0.1, 0.15) is 28.8 Å². The zero-order valence-electron chi connectivity index (χ0n) is 40.0. The Labute approximate surface area is 419 Å². The number of anilines is 2. The Bertz CT molecular complexity index is 2810. The summed E-state index contributed by atoms with van der Waals surface area (Å²) < 4.78 is 48.1. The van der Waals surface area contributed by atoms with Crippen LogP contribution < -0.4 is 49.7 Å². The minimum Gasteiger partial charge on any atom is -0.493 e. The fourth-order valence-electron chi connectivity index (χ4n) is 8.09. The van der Waals surface area contributed by atoms with Gasteiger partial charge in [-0.1, -0.05) is 38.5 Å². The fourth-order valence-corrected chi connectivity index (χ4v) is 10.3. The number of aromatic nitrogens is 2. The average molecular weight is 1010 g/mol. The molecule has 71 heavy (non-hydrogen) atoms. The molecular formula is C52H57FN6O10S2. The molecule has 0 saturated heterocycles. The minimum atomic E-state index is -0.780. The van der Waals surface area contributed by atoms with Gasteiger partial charge in [-0.3, -0.25) is 30.2 Å². The van der Waals surface area contributed by atoms with Gasteiger partial charge in [-0.2, -0.15) is 0 Å². The number of hydrogen-bond acceptors (Lipinski definition) is 14. The van der Waals surface area contributed by atoms with Gasteiger partial charge in [0, 0.05) is 57.6 Å². The highest BCUT2D eigenvalue weighted by Crippen LogP contribution is 2.39. The van der Waals surface area contributed by atoms with Crippen LogP contribution in [0, 0.1) is 5.82 Å². The lowest BCUT2D eigenvalue weighted by Crippen LogP contribution is -2.36. The number of nitrogens with zero attached hydrogens (tertiary/aromatic N) is 2. The molecule has 0 spiro atoms. The fraction of sp³-hybridized carbons (Fsp3) is 0.346. The van der Waals surface area contributed by atoms with Crippen molar-refractivity contribution in [1.29, 1.82) is 0 Å². The highest BCUT2D eigenvalue weighted by atomic mass is 32.2. The van der Waals surface area contributed by atoms with Gasteiger partial charge in [-0.25, -0.2) is 14.0 Å². The van der Waals surface area contributed by atoms with E-state index in [4.69, 9.17) is 28.4 Å². The van der Waals surface area contributed by atoms with Crippen LogP contribution >= 0.6 is 23.5 Å². The molecule has 8 rings (SSSR count). The van der Waals surface area contributed by atoms with Gasteiger partial charge >= 0.3 is 12.1 Å². The number of halogens is 1. The number of amides is 6. The minimum absolute atomic E-state index is 0.0708. The number of benzene rings is 4. The maximum absolute atomic E-state index is 14.7. The lowest BCUT2D eigenvalue weighted by molar-refractivity contribution is -0.118. The predicted molar refractivity (Wildman–Crippen MR) is 276 cm³/mol. The van der Waals surface area contributed by atoms with Crippen molar-refractivity contribution >= 4 is 80.6 Å². The maximum atomic E-state index is 14.7. The second kappa shape index (κ2) is 25.7. The summed E-state index contributed by atoms with van der Waals surface area (Å²) in [5, 5.41) is 12.1. The van der Waals surface area contributed by atoms with Crippen molar-refractivity contribution in [3.05, 3.63) is 97.1 Å². The quantitative estimate of drug-likeness (QED) is 0.0714. The second-order valence-corrected chi connectivity index (χ2v) is 19.2. The summed E-state index contributed by atoms with van der Waals surface area (Å²) in [6.45, 7) is 0. The molecule has 374 valence electrons. The number of fused-ring (bicyclic) bond motifs is 2. The third kappa shape index (κ3) is 14.8. The number of imide groups is 2. The number of nitrogens with one attached hydrogen (secondary N) is 4. The van der Waals surface area contributed by atoms with Crippen LogP contribution in [0.25, 0.3) is 21.8 Å². The van der Waals surface area contributed by atoms with E-state index >= 15 is 0 Å². The van der Waals surface area contributed by atoms with Gasteiger partial charge in [0.05, 0.1) is 56.7 Å². The third-order valence-corrected chi connectivity index (χ3v) is 14.4. The van der Waals surface area contributed by atoms with Crippen molar-refractivity contribution in [3.63, 3.8) is 0 Å². The van der Waals surface area contributed by atoms with Gasteiger partial charge in [0.2, 0.25) is 11.8 Å². The number of carbonyl (C=O) groups is 4. The molecule has 0 radical (unpaired) electrons. The summed E-state index contributed by atoms with van der Waals surface area (Å²) in [6, 6.07) is 20.1. The molecule has 19 heteroatoms. The largest absolute Gasteiger partial charge is 0.493 e. The smallest absolute Gasteiger partial charge is 0.325 e. The van der Waals surface area contributed by atoms with Crippen LogP contribution in [0.4, 0.5) is 25.4 Å². The van der Waals surface area contributed by atoms with Crippen LogP contribution in [0.15, 0.2) is 91.3 Å². The zero-order chi connectivity index (χ0) is 50.1. The van der Waals surface area contributed by atoms with E-state index in [1.165, 1.54) is 64.9 Å². The summed E-state index contributed by atoms with van der Waals surface area (Å²) in [6.07, 6.45) is 15.0. The topological polar surface area (TPSA) is 198 Å². The SMILES string of the molecule is COc1cc2nccc(Oc3ccc(NC(=O)NC(=O)CSC4CCCCC4)c(F)c3)c2cc1OC.COc1cc2nccc(Oc3ccc(NC(=O)NC(=O)CSC4CCCCC4)cc3)c2cc1OC. The number of hydrogen-bond donors (Lipinski definition) is 4. The highest BCUT2D eigenvalue weighted by molar-refractivity contribution is 8.00. The first-order valence-electron chi connectivity index (χ1n) is 23.2. The molecule has 4 N–H and O–H groups in total. The van der Waals surface area contributed by atoms with E-state index in [2.05, 4.69) is 31.2 Å². The molecule has 16 nitrogen and oxygen atoms in total. The van der Waals surface area contributed by atoms with Crippen molar-refractivity contribution in [2.75, 3.05) is 50.6 Å². The van der Waals surface area contributed by atoms with Crippen molar-refractivity contribution in [1.82, 2.24) is 20.6 Å². The van der Waals surface area contributed by atoms with Crippen molar-refractivity contribution in [2.24, 2.45) is 0 Å². The second-order valence-electron chi connectivity index (χ2n) is 16.6. The standard InChI is InChI=1S/C26H28FN3O5S.C26H29N3O5S/c1-33-23-13-18-21(14-24(23)34-2)28-11-10-22(18)35-16-8-9-20(19(27)12-16)29-26(32)30-25(31)15-36-17-6-4-3-5-7-17;1-32-23-14-20-21(15-24(23)33-2)27-13-12-22(20)34-18-10-8-17(9-11-18)28-26(31)29-25(30)16-35-19-6-4-3-5-7-19/h8-14,17H,3-7,15H2,1-2H3,(H2,29,30,31,32);8-15,19H,3-7,16H2,1-2H3,(H2,28,29,30,31). The van der Waals surface area contributed by atoms with E-state index in [0.717, 1.165) is 37.1 Å². The molecule has 2 fully saturated rings. The van der Waals surface area contributed by atoms with E-state index in [1.54, 1.807) is 105 Å². The lowest BCUT2D eigenvalue weighted by atomic mass is 10.0. The van der Waals surface area contributed by atoms with Crippen LogP contribution in [0.5, 0.6) is 46.0 Å². The Balaban J connectivity index is 0.000000209. The molecule has 0 aliphatic heterocycles. The van der Waals surface area contributed by atoms with Crippen LogP contribution in [-0.4, -0.2) is 84.3 Å². The Hall–Kier alpha value is -6.99. The molecular weight excluding hydrogens is 952 g/mol. The molecule has 4 aromatic carbocycles. The number of carbonyl (C=O) groups excluding carboxylic acids is 4. The first-order valence-corrected chi connectivity index (χ1v) is 25.3. The predicted octanol–water partition coefficient (Wildman–Crippen LogP) is 11.7. The van der Waals surface area contributed by atoms with Crippen LogP contribution in [0.3, 0.4) is 0 Å². The molecule has 0 unspecified atom stereocenters. The van der Waals surface area contributed by atoms with Gasteiger partial charge in [-0.15, -0.1) is 23.5 Å². The van der Waals surface area contributed by atoms with Crippen LogP contribution in [0.2, 0.25) is 0 Å². The summed E-state index contributed by atoms with van der Waals surface area (Å²) in [5.74, 6) is 3.16. The molecule has 2 heterocycles. The number of ether oxygens (including phenoxy) is 6. The van der Waals surface area contributed by atoms with E-state index < -0.39 is 23.8 Å². The van der Waals surface area contributed by atoms with Gasteiger partial charge < -0.3 is 39.1 Å². The molecule has 0 bridgehead atoms. The summed E-state index contributed by atoms with van der Waals surface area (Å²) >= 11 is 3.20. The summed E-state index contributed by atoms with van der Waals surface area (Å²) in [7, 11) is 6.22. The van der Waals surface area contributed by atoms with Crippen molar-refractivity contribution < 1.29 is 52.0 Å². The zero-order valence-corrected chi connectivity index (χ0v) is 41.6. The van der Waals surface area contributed by atoms with E-state index in [1.807, 2.05) is 6.07 Å². The lowest BCUT2D eigenvalue weighted by Gasteiger charge is -2.20. The normalized spacial score (nSPS) is 13.8. The van der Waals surface area contributed by atoms with Crippen LogP contribution in [-0.2, 0) is 9.59 Å². The Morgan fingerprint density at radius 2 is 0.972 bits per heavy atom. The number of methoxy groups -OCH3 is 4. The van der Waals surface area contributed by atoms with Gasteiger partial charge in [0.25, 0.3) is 0 Å². The summed E-state index contributed by atoms with van der Waals surface area (Å²) in [4.78, 5) is 57.3. The Morgan fingerprint density at radius 1 is 0.535 bits per heavy atom. The number of thioether (sulfide) groups is 2. The maximum Gasteiger partial charge on any atom is 0.325 e. The summed E-state index contributed by atoms with van der Waals surface area (Å²) in [5.41, 5.74) is 1.81. The number of pyridine rings is 2. The van der Waals surface area contributed by atoms with E-state index in [-0.39, 0.29) is 23.1 Å². The molecule has 2 aliphatic rings. The monoisotopic (exact) mass is 1010 g/mol. The molecule has 2 aliphatic carbocycles. The molecule has 0 atom stereocenters. The van der Waals surface area contributed by atoms with Crippen molar-refractivity contribution in [3.8, 4) is 46.0 Å². The van der Waals surface area contributed by atoms with Crippen LogP contribution in [0.1, 0.15) is 64.2 Å². The van der Waals surface area contributed by atoms with E-state index in [9.17, 15) is 23.6 Å². The number of urea groups is 2.